The molecule has 1 aliphatic carbocycles. The first kappa shape index (κ1) is 37.9. The number of ketones is 1. The van der Waals surface area contributed by atoms with Gasteiger partial charge in [0.1, 0.15) is 17.5 Å². The summed E-state index contributed by atoms with van der Waals surface area (Å²) in [6, 6.07) is 8.58. The van der Waals surface area contributed by atoms with E-state index in [2.05, 4.69) is 20.5 Å². The number of nitrogens with two attached hydrogens (primary N) is 2. The molecule has 0 bridgehead atoms. The number of aromatic nitrogens is 1. The van der Waals surface area contributed by atoms with Gasteiger partial charge in [0.15, 0.2) is 5.78 Å². The zero-order valence-corrected chi connectivity index (χ0v) is 27.4. The number of likely N-dealkylation sites (tertiary alicyclic amines) is 1. The molecule has 3 aliphatic rings. The SMILES string of the molecule is Fc1cccc(F)c1C1CCNCC1.N.NCCN1CCC(CN/C=C(\N)c2c(C(=O)C3CC3)[nH]c3ccc(F)cc23)CC1.O=S=O.[HH].[HH]. The molecule has 3 aromatic rings. The highest BCUT2D eigenvalue weighted by molar-refractivity contribution is 7.51. The molecule has 2 saturated heterocycles. The topological polar surface area (TPSA) is 181 Å². The molecule has 2 aromatic carbocycles. The molecule has 0 amide bonds. The van der Waals surface area contributed by atoms with Crippen molar-refractivity contribution in [3.05, 3.63) is 76.9 Å². The van der Waals surface area contributed by atoms with Crippen LogP contribution in [0.3, 0.4) is 0 Å². The summed E-state index contributed by atoms with van der Waals surface area (Å²) in [5, 5.41) is 7.16. The largest absolute Gasteiger partial charge is 0.397 e. The van der Waals surface area contributed by atoms with E-state index < -0.39 is 23.2 Å². The van der Waals surface area contributed by atoms with Gasteiger partial charge in [-0.1, -0.05) is 6.07 Å². The second-order valence-electron chi connectivity index (χ2n) is 12.0. The van der Waals surface area contributed by atoms with Crippen LogP contribution in [0.1, 0.15) is 68.9 Å². The monoisotopic (exact) mass is 681 g/mol. The van der Waals surface area contributed by atoms with Gasteiger partial charge in [0, 0.05) is 56.6 Å². The Morgan fingerprint density at radius 3 is 2.26 bits per heavy atom. The summed E-state index contributed by atoms with van der Waals surface area (Å²) in [5.74, 6) is -0.396. The molecule has 1 aromatic heterocycles. The number of piperidine rings is 2. The van der Waals surface area contributed by atoms with Crippen LogP contribution in [0.2, 0.25) is 0 Å². The predicted octanol–water partition coefficient (Wildman–Crippen LogP) is 4.83. The number of Topliss-reactive ketones (excluding diaryl/α,β-unsaturated/α-hetero) is 1. The fourth-order valence-corrected chi connectivity index (χ4v) is 6.21. The van der Waals surface area contributed by atoms with Crippen LogP contribution in [0.25, 0.3) is 16.6 Å². The van der Waals surface area contributed by atoms with Crippen LogP contribution in [-0.4, -0.2) is 69.9 Å². The predicted molar refractivity (Wildman–Crippen MR) is 183 cm³/mol. The molecule has 0 unspecified atom stereocenters. The number of nitrogens with one attached hydrogen (secondary N) is 3. The van der Waals surface area contributed by atoms with Gasteiger partial charge in [-0.05, 0) is 107 Å². The minimum atomic E-state index is -0.750. The zero-order valence-electron chi connectivity index (χ0n) is 26.5. The summed E-state index contributed by atoms with van der Waals surface area (Å²) >= 11 is -0.750. The van der Waals surface area contributed by atoms with E-state index in [1.165, 1.54) is 30.3 Å². The lowest BCUT2D eigenvalue weighted by Crippen LogP contribution is -2.39. The van der Waals surface area contributed by atoms with E-state index in [-0.39, 0.29) is 38.0 Å². The van der Waals surface area contributed by atoms with Gasteiger partial charge in [-0.25, -0.2) is 13.2 Å². The van der Waals surface area contributed by atoms with Gasteiger partial charge in [0.25, 0.3) is 0 Å². The molecule has 14 heteroatoms. The normalized spacial score (nSPS) is 17.5. The average molecular weight is 682 g/mol. The fourth-order valence-electron chi connectivity index (χ4n) is 6.21. The van der Waals surface area contributed by atoms with E-state index in [0.717, 1.165) is 83.3 Å². The minimum absolute atomic E-state index is 0. The van der Waals surface area contributed by atoms with Gasteiger partial charge in [0.2, 0.25) is 0 Å². The molecule has 0 radical (unpaired) electrons. The number of carbonyl (C=O) groups is 1. The lowest BCUT2D eigenvalue weighted by molar-refractivity contribution is 0.0963. The Morgan fingerprint density at radius 1 is 1.02 bits per heavy atom. The molecule has 2 aliphatic heterocycles. The Balaban J connectivity index is 0.000000508. The van der Waals surface area contributed by atoms with Crippen LogP contribution >= 0.6 is 0 Å². The van der Waals surface area contributed by atoms with Crippen LogP contribution in [0.4, 0.5) is 13.2 Å². The van der Waals surface area contributed by atoms with Gasteiger partial charge in [-0.3, -0.25) is 4.79 Å². The zero-order chi connectivity index (χ0) is 33.1. The first-order valence-corrected chi connectivity index (χ1v) is 16.5. The minimum Gasteiger partial charge on any atom is -0.397 e. The van der Waals surface area contributed by atoms with E-state index in [4.69, 9.17) is 19.9 Å². The lowest BCUT2D eigenvalue weighted by atomic mass is 9.89. The maximum Gasteiger partial charge on any atom is 0.335 e. The highest BCUT2D eigenvalue weighted by atomic mass is 32.1. The Bertz CT molecular complexity index is 1520. The number of aromatic amines is 1. The third-order valence-corrected chi connectivity index (χ3v) is 8.81. The smallest absolute Gasteiger partial charge is 0.335 e. The van der Waals surface area contributed by atoms with Crippen molar-refractivity contribution >= 4 is 34.0 Å². The summed E-state index contributed by atoms with van der Waals surface area (Å²) in [6.45, 7) is 6.34. The Hall–Kier alpha value is -3.56. The van der Waals surface area contributed by atoms with Crippen molar-refractivity contribution in [1.82, 2.24) is 26.7 Å². The van der Waals surface area contributed by atoms with Crippen molar-refractivity contribution in [3.63, 3.8) is 0 Å². The van der Waals surface area contributed by atoms with Gasteiger partial charge in [-0.15, -0.1) is 0 Å². The third kappa shape index (κ3) is 10.5. The molecule has 10 N–H and O–H groups in total. The molecule has 1 saturated carbocycles. The van der Waals surface area contributed by atoms with E-state index in [1.54, 1.807) is 12.3 Å². The van der Waals surface area contributed by atoms with E-state index in [9.17, 15) is 18.0 Å². The molecular formula is C33H50F3N7O3S. The molecule has 10 nitrogen and oxygen atoms in total. The van der Waals surface area contributed by atoms with Crippen molar-refractivity contribution < 1.29 is 29.2 Å². The van der Waals surface area contributed by atoms with Gasteiger partial charge in [-0.2, -0.15) is 8.42 Å². The second kappa shape index (κ2) is 18.7. The summed E-state index contributed by atoms with van der Waals surface area (Å²) in [6.07, 6.45) is 7.48. The van der Waals surface area contributed by atoms with Gasteiger partial charge >= 0.3 is 11.6 Å². The number of hydrogen-bond acceptors (Lipinski definition) is 9. The highest BCUT2D eigenvalue weighted by Crippen LogP contribution is 2.36. The molecule has 0 atom stereocenters. The van der Waals surface area contributed by atoms with Gasteiger partial charge in [0.05, 0.1) is 11.4 Å². The number of fused-ring (bicyclic) bond motifs is 1. The number of H-pyrrole nitrogens is 1. The van der Waals surface area contributed by atoms with Crippen molar-refractivity contribution in [2.45, 2.75) is 44.4 Å². The van der Waals surface area contributed by atoms with E-state index >= 15 is 0 Å². The van der Waals surface area contributed by atoms with Crippen molar-refractivity contribution in [3.8, 4) is 0 Å². The second-order valence-corrected chi connectivity index (χ2v) is 12.1. The summed E-state index contributed by atoms with van der Waals surface area (Å²) in [5.41, 5.74) is 14.6. The first-order valence-electron chi connectivity index (χ1n) is 15.8. The van der Waals surface area contributed by atoms with E-state index in [1.807, 2.05) is 0 Å². The number of nitrogens with zero attached hydrogens (tertiary/aromatic N) is 1. The van der Waals surface area contributed by atoms with Crippen molar-refractivity contribution in [2.75, 3.05) is 45.8 Å². The molecule has 3 heterocycles. The molecule has 6 rings (SSSR count). The Morgan fingerprint density at radius 2 is 1.66 bits per heavy atom. The van der Waals surface area contributed by atoms with Crippen LogP contribution in [0.5, 0.6) is 0 Å². The number of rotatable bonds is 9. The van der Waals surface area contributed by atoms with Crippen molar-refractivity contribution in [1.29, 1.82) is 0 Å². The first-order chi connectivity index (χ1) is 22.3. The van der Waals surface area contributed by atoms with Crippen LogP contribution in [-0.2, 0) is 11.6 Å². The molecule has 3 fully saturated rings. The quantitative estimate of drug-likeness (QED) is 0.172. The third-order valence-electron chi connectivity index (χ3n) is 8.81. The average Bonchev–Trinajstić information content (AvgIpc) is 3.83. The maximum atomic E-state index is 13.9. The van der Waals surface area contributed by atoms with Crippen LogP contribution in [0.15, 0.2) is 42.6 Å². The number of halogens is 3. The number of benzene rings is 2. The molecule has 0 spiro atoms. The van der Waals surface area contributed by atoms with Crippen LogP contribution < -0.4 is 28.3 Å². The lowest BCUT2D eigenvalue weighted by Gasteiger charge is -2.31. The number of carbonyl (C=O) groups excluding carboxylic acids is 1. The van der Waals surface area contributed by atoms with E-state index in [0.29, 0.717) is 34.8 Å². The maximum absolute atomic E-state index is 13.9. The fraction of sp³-hybridized carbons (Fsp3) is 0.485. The summed E-state index contributed by atoms with van der Waals surface area (Å²) < 4.78 is 57.2. The summed E-state index contributed by atoms with van der Waals surface area (Å²) in [4.78, 5) is 18.3. The van der Waals surface area contributed by atoms with Gasteiger partial charge < -0.3 is 38.1 Å². The Kier molecular flexibility index (Phi) is 15.1. The van der Waals surface area contributed by atoms with Crippen molar-refractivity contribution in [2.24, 2.45) is 23.3 Å². The number of hydrogen-bond donors (Lipinski definition) is 6. The van der Waals surface area contributed by atoms with Crippen LogP contribution in [0, 0.1) is 29.3 Å². The molecular weight excluding hydrogens is 631 g/mol. The highest BCUT2D eigenvalue weighted by Gasteiger charge is 2.34. The summed E-state index contributed by atoms with van der Waals surface area (Å²) in [7, 11) is 0. The standard InChI is InChI=1S/C22H30FN5O.C11H13F2N.H3N.O2S.2H2/c23-16-3-4-19-17(11-16)20(21(27-19)22(29)15-1-2-15)18(25)13-26-12-14-5-8-28(9-6-14)10-7-24;12-9-2-1-3-10(13)11(9)8-4-6-14-7-5-8;;1-3-2;;/h3-4,11,13-15,26-27H,1-2,5-10,12,24-25H2;1-3,8,14H,4-7H2;1H3;;2*1H/b18-13-;;;;;. The molecule has 262 valence electrons. The molecule has 47 heavy (non-hydrogen) atoms. The Labute approximate surface area is 280 Å².